The number of ether oxygens (including phenoxy) is 1. The number of amides is 1. The Bertz CT molecular complexity index is 868. The number of carbonyl (C=O) groups is 2. The summed E-state index contributed by atoms with van der Waals surface area (Å²) in [6.07, 6.45) is 3.98. The van der Waals surface area contributed by atoms with Crippen molar-refractivity contribution in [3.8, 4) is 0 Å². The summed E-state index contributed by atoms with van der Waals surface area (Å²) >= 11 is 9.43. The van der Waals surface area contributed by atoms with Gasteiger partial charge in [0, 0.05) is 17.5 Å². The standard InChI is InChI=1S/C18H18ClNO4S2/c1-9-11(6-16(21)22)12-5-15(24-2)13(19)7-14(12)20(9)18(23)10-4-17(25-3)26-8-10/h4-5,8,14H,6-7H2,1-3H3,(H,21,22). The Morgan fingerprint density at radius 3 is 2.81 bits per heavy atom. The predicted molar refractivity (Wildman–Crippen MR) is 104 cm³/mol. The number of nitrogens with zero attached hydrogens (tertiary/aromatic N) is 1. The van der Waals surface area contributed by atoms with Crippen molar-refractivity contribution < 1.29 is 19.4 Å². The molecule has 0 spiro atoms. The predicted octanol–water partition coefficient (Wildman–Crippen LogP) is 4.47. The lowest BCUT2D eigenvalue weighted by atomic mass is 9.92. The average molecular weight is 412 g/mol. The Morgan fingerprint density at radius 2 is 2.23 bits per heavy atom. The molecule has 1 aliphatic heterocycles. The van der Waals surface area contributed by atoms with Crippen LogP contribution in [-0.4, -0.2) is 41.3 Å². The summed E-state index contributed by atoms with van der Waals surface area (Å²) < 4.78 is 6.35. The van der Waals surface area contributed by atoms with Gasteiger partial charge in [-0.1, -0.05) is 11.6 Å². The van der Waals surface area contributed by atoms with Crippen molar-refractivity contribution >= 4 is 46.6 Å². The van der Waals surface area contributed by atoms with Gasteiger partial charge in [-0.25, -0.2) is 0 Å². The number of methoxy groups -OCH3 is 1. The molecule has 0 radical (unpaired) electrons. The lowest BCUT2D eigenvalue weighted by Crippen LogP contribution is -2.37. The van der Waals surface area contributed by atoms with Crippen LogP contribution in [0.5, 0.6) is 0 Å². The molecular weight excluding hydrogens is 394 g/mol. The molecule has 2 aliphatic rings. The van der Waals surface area contributed by atoms with Crippen molar-refractivity contribution in [3.63, 3.8) is 0 Å². The topological polar surface area (TPSA) is 66.8 Å². The molecule has 5 nitrogen and oxygen atoms in total. The fraction of sp³-hybridized carbons (Fsp3) is 0.333. The number of hydrogen-bond donors (Lipinski definition) is 1. The number of thiophene rings is 1. The van der Waals surface area contributed by atoms with Gasteiger partial charge in [0.05, 0.1) is 34.4 Å². The van der Waals surface area contributed by atoms with E-state index in [-0.39, 0.29) is 18.4 Å². The number of rotatable bonds is 5. The van der Waals surface area contributed by atoms with E-state index in [9.17, 15) is 14.7 Å². The van der Waals surface area contributed by atoms with Crippen LogP contribution >= 0.6 is 34.7 Å². The van der Waals surface area contributed by atoms with Crippen LogP contribution in [0.4, 0.5) is 0 Å². The lowest BCUT2D eigenvalue weighted by Gasteiger charge is -2.29. The van der Waals surface area contributed by atoms with Gasteiger partial charge in [0.2, 0.25) is 0 Å². The van der Waals surface area contributed by atoms with Gasteiger partial charge in [-0.15, -0.1) is 23.1 Å². The van der Waals surface area contributed by atoms with Crippen LogP contribution in [0.3, 0.4) is 0 Å². The van der Waals surface area contributed by atoms with E-state index in [1.807, 2.05) is 17.7 Å². The molecule has 0 fully saturated rings. The molecule has 1 aliphatic carbocycles. The van der Waals surface area contributed by atoms with Crippen molar-refractivity contribution in [1.29, 1.82) is 0 Å². The first-order valence-corrected chi connectivity index (χ1v) is 10.4. The van der Waals surface area contributed by atoms with Crippen LogP contribution in [0.1, 0.15) is 30.1 Å². The zero-order valence-electron chi connectivity index (χ0n) is 14.5. The highest BCUT2D eigenvalue weighted by atomic mass is 35.5. The maximum atomic E-state index is 13.2. The van der Waals surface area contributed by atoms with E-state index in [1.165, 1.54) is 18.4 Å². The minimum Gasteiger partial charge on any atom is -0.496 e. The number of carboxylic acid groups (broad SMARTS) is 1. The van der Waals surface area contributed by atoms with Crippen molar-refractivity contribution in [3.05, 3.63) is 50.7 Å². The molecule has 0 saturated carbocycles. The van der Waals surface area contributed by atoms with Crippen molar-refractivity contribution in [2.24, 2.45) is 0 Å². The van der Waals surface area contributed by atoms with E-state index in [0.717, 1.165) is 9.78 Å². The molecule has 138 valence electrons. The van der Waals surface area contributed by atoms with Gasteiger partial charge in [-0.05, 0) is 36.5 Å². The molecule has 0 bridgehead atoms. The largest absolute Gasteiger partial charge is 0.496 e. The summed E-state index contributed by atoms with van der Waals surface area (Å²) in [5.74, 6) is -0.558. The van der Waals surface area contributed by atoms with E-state index in [1.54, 1.807) is 29.7 Å². The zero-order chi connectivity index (χ0) is 19.0. The van der Waals surface area contributed by atoms with Gasteiger partial charge in [0.1, 0.15) is 5.76 Å². The number of allylic oxidation sites excluding steroid dienone is 2. The van der Waals surface area contributed by atoms with Gasteiger partial charge in [0.25, 0.3) is 5.91 Å². The molecule has 1 aromatic heterocycles. The molecular formula is C18H18ClNO4S2. The molecule has 1 unspecified atom stereocenters. The Labute approximate surface area is 165 Å². The molecule has 1 atom stereocenters. The van der Waals surface area contributed by atoms with Gasteiger partial charge in [-0.3, -0.25) is 9.59 Å². The van der Waals surface area contributed by atoms with E-state index >= 15 is 0 Å². The highest BCUT2D eigenvalue weighted by molar-refractivity contribution is 8.00. The molecule has 1 amide bonds. The lowest BCUT2D eigenvalue weighted by molar-refractivity contribution is -0.136. The SMILES string of the molecule is COC1=C(Cl)CC2C(=C1)C(CC(=O)O)=C(C)N2C(=O)c1csc(SC)c1. The Kier molecular flexibility index (Phi) is 5.50. The second kappa shape index (κ2) is 7.50. The second-order valence-corrected chi connectivity index (χ2v) is 8.44. The maximum absolute atomic E-state index is 13.2. The van der Waals surface area contributed by atoms with Crippen LogP contribution in [0.15, 0.2) is 49.4 Å². The first-order valence-electron chi connectivity index (χ1n) is 7.89. The first-order chi connectivity index (χ1) is 12.4. The number of aliphatic carboxylic acids is 1. The number of carbonyl (C=O) groups excluding carboxylic acids is 1. The third kappa shape index (κ3) is 3.31. The quantitative estimate of drug-likeness (QED) is 0.724. The first kappa shape index (κ1) is 19.1. The number of hydrogen-bond acceptors (Lipinski definition) is 5. The fourth-order valence-electron chi connectivity index (χ4n) is 3.32. The summed E-state index contributed by atoms with van der Waals surface area (Å²) in [6, 6.07) is 1.56. The van der Waals surface area contributed by atoms with Gasteiger partial charge >= 0.3 is 5.97 Å². The summed E-state index contributed by atoms with van der Waals surface area (Å²) in [5, 5.41) is 11.7. The Balaban J connectivity index is 2.04. The Hall–Kier alpha value is -1.70. The molecule has 26 heavy (non-hydrogen) atoms. The molecule has 1 aromatic rings. The zero-order valence-corrected chi connectivity index (χ0v) is 16.9. The average Bonchev–Trinajstić information content (AvgIpc) is 3.17. The van der Waals surface area contributed by atoms with Crippen LogP contribution in [0.2, 0.25) is 0 Å². The van der Waals surface area contributed by atoms with Crippen molar-refractivity contribution in [1.82, 2.24) is 4.90 Å². The third-order valence-electron chi connectivity index (χ3n) is 4.53. The van der Waals surface area contributed by atoms with E-state index in [4.69, 9.17) is 16.3 Å². The second-order valence-electron chi connectivity index (χ2n) is 5.96. The number of fused-ring (bicyclic) bond motifs is 1. The maximum Gasteiger partial charge on any atom is 0.307 e. The molecule has 0 aromatic carbocycles. The van der Waals surface area contributed by atoms with Crippen molar-refractivity contribution in [2.75, 3.05) is 13.4 Å². The minimum atomic E-state index is -0.937. The Morgan fingerprint density at radius 1 is 1.50 bits per heavy atom. The summed E-state index contributed by atoms with van der Waals surface area (Å²) in [7, 11) is 1.52. The molecule has 3 rings (SSSR count). The fourth-order valence-corrected chi connectivity index (χ4v) is 4.98. The summed E-state index contributed by atoms with van der Waals surface area (Å²) in [4.78, 5) is 26.2. The van der Waals surface area contributed by atoms with Crippen LogP contribution < -0.4 is 0 Å². The van der Waals surface area contributed by atoms with Gasteiger partial charge in [-0.2, -0.15) is 0 Å². The van der Waals surface area contributed by atoms with E-state index in [0.29, 0.717) is 34.0 Å². The highest BCUT2D eigenvalue weighted by Gasteiger charge is 2.41. The molecule has 0 saturated heterocycles. The molecule has 1 N–H and O–H groups in total. The van der Waals surface area contributed by atoms with Gasteiger partial charge < -0.3 is 14.7 Å². The normalized spacial score (nSPS) is 19.6. The number of carboxylic acids is 1. The molecule has 2 heterocycles. The number of halogens is 1. The smallest absolute Gasteiger partial charge is 0.307 e. The number of thioether (sulfide) groups is 1. The van der Waals surface area contributed by atoms with Crippen LogP contribution in [0.25, 0.3) is 0 Å². The molecule has 8 heteroatoms. The van der Waals surface area contributed by atoms with Crippen LogP contribution in [0, 0.1) is 0 Å². The highest BCUT2D eigenvalue weighted by Crippen LogP contribution is 2.44. The summed E-state index contributed by atoms with van der Waals surface area (Å²) in [6.45, 7) is 1.79. The summed E-state index contributed by atoms with van der Waals surface area (Å²) in [5.41, 5.74) is 2.70. The van der Waals surface area contributed by atoms with Crippen LogP contribution in [-0.2, 0) is 9.53 Å². The monoisotopic (exact) mass is 411 g/mol. The van der Waals surface area contributed by atoms with Crippen molar-refractivity contribution in [2.45, 2.75) is 30.0 Å². The third-order valence-corrected chi connectivity index (χ3v) is 6.91. The minimum absolute atomic E-state index is 0.138. The van der Waals surface area contributed by atoms with Gasteiger partial charge in [0.15, 0.2) is 0 Å². The van der Waals surface area contributed by atoms with E-state index in [2.05, 4.69) is 0 Å². The van der Waals surface area contributed by atoms with E-state index < -0.39 is 5.97 Å².